The molecule has 2 N–H and O–H groups in total. The zero-order valence-corrected chi connectivity index (χ0v) is 17.6. The van der Waals surface area contributed by atoms with Crippen LogP contribution in [0.4, 0.5) is 0 Å². The molecule has 146 valence electrons. The summed E-state index contributed by atoms with van der Waals surface area (Å²) in [5.74, 6) is -0.0797. The molecule has 1 aromatic heterocycles. The zero-order chi connectivity index (χ0) is 20.4. The molecule has 0 aromatic carbocycles. The summed E-state index contributed by atoms with van der Waals surface area (Å²) in [6, 6.07) is -0.0438. The molecule has 3 nitrogen and oxygen atoms in total. The number of nitrogens with one attached hydrogen (secondary N) is 2. The number of carbonyl (C=O) groups is 1. The predicted molar refractivity (Wildman–Crippen MR) is 117 cm³/mol. The topological polar surface area (TPSA) is 44.9 Å². The van der Waals surface area contributed by atoms with E-state index in [0.29, 0.717) is 5.69 Å². The van der Waals surface area contributed by atoms with Crippen molar-refractivity contribution in [2.75, 3.05) is 0 Å². The molecule has 1 amide bonds. The Hall–Kier alpha value is -2.55. The highest BCUT2D eigenvalue weighted by Gasteiger charge is 2.17. The predicted octanol–water partition coefficient (Wildman–Crippen LogP) is 5.98. The zero-order valence-electron chi connectivity index (χ0n) is 17.6. The summed E-state index contributed by atoms with van der Waals surface area (Å²) in [5.41, 5.74) is 6.19. The normalized spacial score (nSPS) is 13.6. The van der Waals surface area contributed by atoms with Gasteiger partial charge in [-0.1, -0.05) is 55.5 Å². The second kappa shape index (κ2) is 11.2. The van der Waals surface area contributed by atoms with Crippen LogP contribution < -0.4 is 5.32 Å². The van der Waals surface area contributed by atoms with E-state index in [1.165, 1.54) is 5.57 Å². The van der Waals surface area contributed by atoms with Gasteiger partial charge < -0.3 is 10.3 Å². The van der Waals surface area contributed by atoms with E-state index >= 15 is 0 Å². The first kappa shape index (κ1) is 22.5. The van der Waals surface area contributed by atoms with E-state index in [9.17, 15) is 4.79 Å². The molecule has 0 radical (unpaired) electrons. The number of rotatable bonds is 9. The molecular formula is C24H34N2O. The van der Waals surface area contributed by atoms with Crippen molar-refractivity contribution in [3.05, 3.63) is 82.8 Å². The van der Waals surface area contributed by atoms with Gasteiger partial charge in [0.05, 0.1) is 6.04 Å². The van der Waals surface area contributed by atoms with Crippen LogP contribution in [0.2, 0.25) is 0 Å². The first-order valence-corrected chi connectivity index (χ1v) is 9.60. The quantitative estimate of drug-likeness (QED) is 0.519. The van der Waals surface area contributed by atoms with Gasteiger partial charge in [-0.3, -0.25) is 4.79 Å². The summed E-state index contributed by atoms with van der Waals surface area (Å²) < 4.78 is 0. The van der Waals surface area contributed by atoms with Gasteiger partial charge in [-0.25, -0.2) is 0 Å². The molecule has 0 aliphatic carbocycles. The lowest BCUT2D eigenvalue weighted by Crippen LogP contribution is -2.34. The SMILES string of the molecule is C=C/C(=C\C=C(C)C)Cc1c[nH]c(C(=O)NC(C)C(/C=C\CC)=C/C)c1C. The Morgan fingerprint density at radius 3 is 2.59 bits per heavy atom. The van der Waals surface area contributed by atoms with Crippen LogP contribution in [0.5, 0.6) is 0 Å². The second-order valence-corrected chi connectivity index (χ2v) is 6.97. The van der Waals surface area contributed by atoms with E-state index in [4.69, 9.17) is 0 Å². The molecule has 1 atom stereocenters. The van der Waals surface area contributed by atoms with Gasteiger partial charge in [-0.15, -0.1) is 0 Å². The summed E-state index contributed by atoms with van der Waals surface area (Å²) in [4.78, 5) is 15.9. The number of hydrogen-bond acceptors (Lipinski definition) is 1. The molecular weight excluding hydrogens is 332 g/mol. The minimum atomic E-state index is -0.0797. The largest absolute Gasteiger partial charge is 0.357 e. The van der Waals surface area contributed by atoms with Crippen molar-refractivity contribution in [2.45, 2.75) is 60.4 Å². The van der Waals surface area contributed by atoms with Crippen LogP contribution in [-0.2, 0) is 6.42 Å². The summed E-state index contributed by atoms with van der Waals surface area (Å²) in [6.45, 7) is 16.1. The van der Waals surface area contributed by atoms with Gasteiger partial charge >= 0.3 is 0 Å². The molecule has 1 aromatic rings. The maximum Gasteiger partial charge on any atom is 0.268 e. The molecule has 0 aliphatic heterocycles. The number of carbonyl (C=O) groups excluding carboxylic acids is 1. The monoisotopic (exact) mass is 366 g/mol. The molecule has 1 rings (SSSR count). The molecule has 1 heterocycles. The van der Waals surface area contributed by atoms with Crippen LogP contribution in [0.25, 0.3) is 0 Å². The van der Waals surface area contributed by atoms with Crippen LogP contribution in [0.1, 0.15) is 62.7 Å². The molecule has 0 fully saturated rings. The summed E-state index contributed by atoms with van der Waals surface area (Å²) >= 11 is 0. The standard InChI is InChI=1S/C24H34N2O/c1-8-11-12-21(10-3)19(7)26-24(27)23-18(6)22(16-25-23)15-20(9-2)14-13-17(4)5/h9-14,16,19,25H,2,8,15H2,1,3-7H3,(H,26,27)/b12-11-,20-14+,21-10+. The molecule has 0 saturated heterocycles. The van der Waals surface area contributed by atoms with Gasteiger partial charge in [-0.2, -0.15) is 0 Å². The fraction of sp³-hybridized carbons (Fsp3) is 0.375. The van der Waals surface area contributed by atoms with Crippen molar-refractivity contribution in [3.8, 4) is 0 Å². The van der Waals surface area contributed by atoms with E-state index in [-0.39, 0.29) is 11.9 Å². The van der Waals surface area contributed by atoms with Crippen molar-refractivity contribution in [2.24, 2.45) is 0 Å². The highest BCUT2D eigenvalue weighted by molar-refractivity contribution is 5.94. The first-order chi connectivity index (χ1) is 12.8. The van der Waals surface area contributed by atoms with Crippen molar-refractivity contribution in [3.63, 3.8) is 0 Å². The third kappa shape index (κ3) is 6.93. The lowest BCUT2D eigenvalue weighted by Gasteiger charge is -2.15. The van der Waals surface area contributed by atoms with Gasteiger partial charge in [0, 0.05) is 6.20 Å². The Morgan fingerprint density at radius 1 is 1.33 bits per heavy atom. The van der Waals surface area contributed by atoms with Gasteiger partial charge in [0.2, 0.25) is 0 Å². The molecule has 0 aliphatic rings. The molecule has 0 bridgehead atoms. The average molecular weight is 367 g/mol. The second-order valence-electron chi connectivity index (χ2n) is 6.97. The van der Waals surface area contributed by atoms with Gasteiger partial charge in [0.1, 0.15) is 5.69 Å². The van der Waals surface area contributed by atoms with E-state index in [2.05, 4.69) is 62.0 Å². The van der Waals surface area contributed by atoms with Crippen molar-refractivity contribution in [1.82, 2.24) is 10.3 Å². The number of aromatic nitrogens is 1. The molecule has 0 saturated carbocycles. The first-order valence-electron chi connectivity index (χ1n) is 9.60. The molecule has 1 unspecified atom stereocenters. The van der Waals surface area contributed by atoms with E-state index in [1.807, 2.05) is 39.1 Å². The molecule has 0 spiro atoms. The number of allylic oxidation sites excluding steroid dienone is 7. The van der Waals surface area contributed by atoms with Crippen LogP contribution in [0.3, 0.4) is 0 Å². The fourth-order valence-electron chi connectivity index (χ4n) is 2.75. The van der Waals surface area contributed by atoms with Crippen molar-refractivity contribution >= 4 is 5.91 Å². The summed E-state index contributed by atoms with van der Waals surface area (Å²) in [5, 5.41) is 3.08. The van der Waals surface area contributed by atoms with E-state index in [0.717, 1.165) is 35.1 Å². The third-order valence-electron chi connectivity index (χ3n) is 4.49. The van der Waals surface area contributed by atoms with Crippen LogP contribution >= 0.6 is 0 Å². The van der Waals surface area contributed by atoms with Gasteiger partial charge in [0.25, 0.3) is 5.91 Å². The average Bonchev–Trinajstić information content (AvgIpc) is 2.99. The highest BCUT2D eigenvalue weighted by atomic mass is 16.1. The van der Waals surface area contributed by atoms with Gasteiger partial charge in [0.15, 0.2) is 0 Å². The number of hydrogen-bond donors (Lipinski definition) is 2. The minimum absolute atomic E-state index is 0.0438. The van der Waals surface area contributed by atoms with E-state index in [1.54, 1.807) is 0 Å². The van der Waals surface area contributed by atoms with Crippen LogP contribution in [-0.4, -0.2) is 16.9 Å². The Morgan fingerprint density at radius 2 is 2.04 bits per heavy atom. The smallest absolute Gasteiger partial charge is 0.268 e. The van der Waals surface area contributed by atoms with Crippen LogP contribution in [0.15, 0.2) is 66.0 Å². The minimum Gasteiger partial charge on any atom is -0.357 e. The lowest BCUT2D eigenvalue weighted by atomic mass is 10.0. The Kier molecular flexibility index (Phi) is 9.35. The van der Waals surface area contributed by atoms with E-state index < -0.39 is 0 Å². The lowest BCUT2D eigenvalue weighted by molar-refractivity contribution is 0.0940. The Balaban J connectivity index is 2.93. The maximum absolute atomic E-state index is 12.7. The molecule has 3 heteroatoms. The number of aromatic amines is 1. The molecule has 27 heavy (non-hydrogen) atoms. The van der Waals surface area contributed by atoms with Crippen molar-refractivity contribution < 1.29 is 4.79 Å². The summed E-state index contributed by atoms with van der Waals surface area (Å²) in [7, 11) is 0. The fourth-order valence-corrected chi connectivity index (χ4v) is 2.75. The Labute approximate surface area is 164 Å². The maximum atomic E-state index is 12.7. The van der Waals surface area contributed by atoms with Crippen LogP contribution in [0, 0.1) is 6.92 Å². The van der Waals surface area contributed by atoms with Crippen molar-refractivity contribution in [1.29, 1.82) is 0 Å². The number of H-pyrrole nitrogens is 1. The Bertz CT molecular complexity index is 768. The van der Waals surface area contributed by atoms with Gasteiger partial charge in [-0.05, 0) is 69.7 Å². The number of amides is 1. The summed E-state index contributed by atoms with van der Waals surface area (Å²) in [6.07, 6.45) is 15.9. The highest BCUT2D eigenvalue weighted by Crippen LogP contribution is 2.18. The third-order valence-corrected chi connectivity index (χ3v) is 4.49.